The van der Waals surface area contributed by atoms with E-state index in [2.05, 4.69) is 39.1 Å². The average molecular weight is 477 g/mol. The number of aromatic nitrogens is 4. The maximum Gasteiger partial charge on any atom is 0.263 e. The summed E-state index contributed by atoms with van der Waals surface area (Å²) in [7, 11) is 3.99. The molecular formula is C25H28N6O2S. The molecular weight excluding hydrogens is 448 g/mol. The second-order valence-corrected chi connectivity index (χ2v) is 9.29. The molecule has 1 N–H and O–H groups in total. The van der Waals surface area contributed by atoms with Crippen LogP contribution in [0.5, 0.6) is 0 Å². The number of nitrogens with one attached hydrogen (secondary N) is 1. The van der Waals surface area contributed by atoms with Crippen LogP contribution in [0.2, 0.25) is 0 Å². The van der Waals surface area contributed by atoms with Crippen LogP contribution in [-0.4, -0.2) is 62.4 Å². The molecule has 4 rings (SSSR count). The van der Waals surface area contributed by atoms with Crippen molar-refractivity contribution >= 4 is 34.3 Å². The van der Waals surface area contributed by atoms with Crippen LogP contribution in [0.3, 0.4) is 0 Å². The molecule has 2 aromatic heterocycles. The number of rotatable bonds is 10. The number of likely N-dealkylation sites (N-methyl/N-ethyl adjacent to an activating group) is 1. The highest BCUT2D eigenvalue weighted by molar-refractivity contribution is 7.99. The summed E-state index contributed by atoms with van der Waals surface area (Å²) in [5.74, 6) is 0.545. The Kier molecular flexibility index (Phi) is 7.44. The molecule has 0 radical (unpaired) electrons. The van der Waals surface area contributed by atoms with Gasteiger partial charge in [0.05, 0.1) is 16.7 Å². The number of hydrogen-bond donors (Lipinski definition) is 1. The lowest BCUT2D eigenvalue weighted by Gasteiger charge is -2.22. The van der Waals surface area contributed by atoms with Crippen LogP contribution in [0, 0.1) is 0 Å². The number of hydrogen-bond acceptors (Lipinski definition) is 6. The molecule has 1 amide bonds. The van der Waals surface area contributed by atoms with Crippen molar-refractivity contribution in [3.05, 3.63) is 83.2 Å². The number of para-hydroxylation sites is 1. The second-order valence-electron chi connectivity index (χ2n) is 8.34. The summed E-state index contributed by atoms with van der Waals surface area (Å²) in [4.78, 5) is 27.9. The Morgan fingerprint density at radius 3 is 2.62 bits per heavy atom. The molecule has 0 spiro atoms. The molecule has 0 aliphatic heterocycles. The maximum absolute atomic E-state index is 12.9. The lowest BCUT2D eigenvalue weighted by Crippen LogP contribution is -2.43. The van der Waals surface area contributed by atoms with E-state index in [1.165, 1.54) is 17.3 Å². The van der Waals surface area contributed by atoms with E-state index in [9.17, 15) is 9.59 Å². The van der Waals surface area contributed by atoms with Crippen molar-refractivity contribution in [1.82, 2.24) is 29.4 Å². The van der Waals surface area contributed by atoms with E-state index >= 15 is 0 Å². The standard InChI is InChI=1S/C25H28N6O2S/c1-4-14-30-23(33)20-12-8-9-13-21(20)31-24(30)27-28-25(31)34-17-22(32)26-19(16-29(2)3)15-18-10-6-5-7-11-18/h4-13,19H,1,14-17H2,2-3H3,(H,26,32). The zero-order valence-electron chi connectivity index (χ0n) is 19.3. The van der Waals surface area contributed by atoms with Gasteiger partial charge in [-0.15, -0.1) is 16.8 Å². The Balaban J connectivity index is 1.55. The topological polar surface area (TPSA) is 84.5 Å². The highest BCUT2D eigenvalue weighted by atomic mass is 32.2. The summed E-state index contributed by atoms with van der Waals surface area (Å²) in [5, 5.41) is 12.8. The highest BCUT2D eigenvalue weighted by Gasteiger charge is 2.19. The van der Waals surface area contributed by atoms with E-state index in [4.69, 9.17) is 0 Å². The van der Waals surface area contributed by atoms with Crippen molar-refractivity contribution in [2.24, 2.45) is 0 Å². The van der Waals surface area contributed by atoms with Crippen molar-refractivity contribution in [1.29, 1.82) is 0 Å². The van der Waals surface area contributed by atoms with Crippen molar-refractivity contribution in [3.8, 4) is 0 Å². The minimum Gasteiger partial charge on any atom is -0.351 e. The molecule has 34 heavy (non-hydrogen) atoms. The number of carbonyl (C=O) groups is 1. The number of amides is 1. The number of benzene rings is 2. The predicted molar refractivity (Wildman–Crippen MR) is 136 cm³/mol. The van der Waals surface area contributed by atoms with Crippen LogP contribution in [0.1, 0.15) is 5.56 Å². The minimum absolute atomic E-state index is 0.0146. The summed E-state index contributed by atoms with van der Waals surface area (Å²) < 4.78 is 3.37. The Morgan fingerprint density at radius 2 is 1.88 bits per heavy atom. The van der Waals surface area contributed by atoms with Gasteiger partial charge in [-0.3, -0.25) is 18.6 Å². The second kappa shape index (κ2) is 10.7. The fourth-order valence-corrected chi connectivity index (χ4v) is 4.77. The third kappa shape index (κ3) is 5.21. The van der Waals surface area contributed by atoms with E-state index in [1.54, 1.807) is 16.7 Å². The number of allylic oxidation sites excluding steroid dienone is 1. The van der Waals surface area contributed by atoms with E-state index in [1.807, 2.05) is 54.9 Å². The van der Waals surface area contributed by atoms with Crippen LogP contribution in [0.4, 0.5) is 0 Å². The van der Waals surface area contributed by atoms with Gasteiger partial charge in [-0.25, -0.2) is 0 Å². The monoisotopic (exact) mass is 476 g/mol. The molecule has 1 atom stereocenters. The maximum atomic E-state index is 12.9. The third-order valence-electron chi connectivity index (χ3n) is 5.40. The van der Waals surface area contributed by atoms with Crippen molar-refractivity contribution in [2.45, 2.75) is 24.2 Å². The number of carbonyl (C=O) groups excluding carboxylic acids is 1. The summed E-state index contributed by atoms with van der Waals surface area (Å²) in [6, 6.07) is 17.5. The van der Waals surface area contributed by atoms with Crippen molar-refractivity contribution in [3.63, 3.8) is 0 Å². The molecule has 2 heterocycles. The molecule has 0 bridgehead atoms. The van der Waals surface area contributed by atoms with Crippen LogP contribution in [-0.2, 0) is 17.8 Å². The number of fused-ring (bicyclic) bond motifs is 3. The quantitative estimate of drug-likeness (QED) is 0.280. The fourth-order valence-electron chi connectivity index (χ4n) is 4.02. The van der Waals surface area contributed by atoms with Crippen LogP contribution < -0.4 is 10.9 Å². The van der Waals surface area contributed by atoms with Gasteiger partial charge >= 0.3 is 0 Å². The molecule has 0 saturated carbocycles. The van der Waals surface area contributed by atoms with Crippen LogP contribution >= 0.6 is 11.8 Å². The summed E-state index contributed by atoms with van der Waals surface area (Å²) >= 11 is 1.30. The smallest absolute Gasteiger partial charge is 0.263 e. The Hall–Kier alpha value is -3.43. The lowest BCUT2D eigenvalue weighted by molar-refractivity contribution is -0.119. The first-order chi connectivity index (χ1) is 16.5. The van der Waals surface area contributed by atoms with Gasteiger partial charge in [0.15, 0.2) is 5.16 Å². The van der Waals surface area contributed by atoms with E-state index in [0.717, 1.165) is 13.0 Å². The molecule has 0 fully saturated rings. The van der Waals surface area contributed by atoms with Crippen molar-refractivity contribution in [2.75, 3.05) is 26.4 Å². The third-order valence-corrected chi connectivity index (χ3v) is 6.33. The number of thioether (sulfide) groups is 1. The lowest BCUT2D eigenvalue weighted by atomic mass is 10.1. The SMILES string of the molecule is C=CCn1c(=O)c2ccccc2n2c(SCC(=O)NC(Cc3ccccc3)CN(C)C)nnc12. The molecule has 2 aromatic carbocycles. The zero-order valence-corrected chi connectivity index (χ0v) is 20.2. The van der Waals surface area contributed by atoms with E-state index in [-0.39, 0.29) is 23.3 Å². The number of nitrogens with zero attached hydrogens (tertiary/aromatic N) is 5. The van der Waals surface area contributed by atoms with Gasteiger partial charge in [0, 0.05) is 19.1 Å². The first-order valence-corrected chi connectivity index (χ1v) is 12.0. The van der Waals surface area contributed by atoms with Gasteiger partial charge in [0.1, 0.15) is 0 Å². The summed E-state index contributed by atoms with van der Waals surface area (Å²) in [5.41, 5.74) is 1.75. The molecule has 0 aliphatic rings. The van der Waals surface area contributed by atoms with Gasteiger partial charge in [-0.05, 0) is 38.2 Å². The van der Waals surface area contributed by atoms with E-state index < -0.39 is 0 Å². The summed E-state index contributed by atoms with van der Waals surface area (Å²) in [6.45, 7) is 4.80. The van der Waals surface area contributed by atoms with Crippen LogP contribution in [0.15, 0.2) is 77.2 Å². The van der Waals surface area contributed by atoms with Crippen molar-refractivity contribution < 1.29 is 4.79 Å². The molecule has 1 unspecified atom stereocenters. The van der Waals surface area contributed by atoms with Crippen LogP contribution in [0.25, 0.3) is 16.7 Å². The predicted octanol–water partition coefficient (Wildman–Crippen LogP) is 2.61. The molecule has 9 heteroatoms. The zero-order chi connectivity index (χ0) is 24.1. The van der Waals surface area contributed by atoms with Gasteiger partial charge in [0.2, 0.25) is 11.7 Å². The minimum atomic E-state index is -0.142. The molecule has 176 valence electrons. The van der Waals surface area contributed by atoms with Gasteiger partial charge < -0.3 is 10.2 Å². The molecule has 0 aliphatic carbocycles. The van der Waals surface area contributed by atoms with Gasteiger partial charge in [0.25, 0.3) is 5.56 Å². The first-order valence-electron chi connectivity index (χ1n) is 11.1. The molecule has 0 saturated heterocycles. The Labute approximate surface area is 202 Å². The normalized spacial score (nSPS) is 12.3. The molecule has 4 aromatic rings. The average Bonchev–Trinajstić information content (AvgIpc) is 3.24. The van der Waals surface area contributed by atoms with Gasteiger partial charge in [-0.2, -0.15) is 0 Å². The summed E-state index contributed by atoms with van der Waals surface area (Å²) in [6.07, 6.45) is 2.41. The first kappa shape index (κ1) is 23.7. The Morgan fingerprint density at radius 1 is 1.15 bits per heavy atom. The fraction of sp³-hybridized carbons (Fsp3) is 0.280. The van der Waals surface area contributed by atoms with Gasteiger partial charge in [-0.1, -0.05) is 60.3 Å². The Bertz CT molecular complexity index is 1360. The highest BCUT2D eigenvalue weighted by Crippen LogP contribution is 2.21. The van der Waals surface area contributed by atoms with E-state index in [0.29, 0.717) is 28.4 Å². The molecule has 8 nitrogen and oxygen atoms in total. The largest absolute Gasteiger partial charge is 0.351 e.